The van der Waals surface area contributed by atoms with E-state index < -0.39 is 26.9 Å². The van der Waals surface area contributed by atoms with E-state index in [-0.39, 0.29) is 5.56 Å². The summed E-state index contributed by atoms with van der Waals surface area (Å²) in [4.78, 5) is 1.63. The van der Waals surface area contributed by atoms with Crippen molar-refractivity contribution in [2.75, 3.05) is 29.2 Å². The molecule has 0 aromatic heterocycles. The Morgan fingerprint density at radius 2 is 2.25 bits per heavy atom. The van der Waals surface area contributed by atoms with Crippen LogP contribution in [-0.2, 0) is 9.84 Å². The van der Waals surface area contributed by atoms with Crippen molar-refractivity contribution >= 4 is 33.1 Å². The van der Waals surface area contributed by atoms with Crippen molar-refractivity contribution in [3.05, 3.63) is 29.6 Å². The SMILES string of the molecule is CS(=O)(=O)C1CSCCN1c1cccc(F)c1C(=N)N. The van der Waals surface area contributed by atoms with Crippen LogP contribution in [0, 0.1) is 11.2 Å². The lowest BCUT2D eigenvalue weighted by molar-refractivity contribution is 0.583. The fourth-order valence-electron chi connectivity index (χ4n) is 2.23. The van der Waals surface area contributed by atoms with Crippen LogP contribution < -0.4 is 10.6 Å². The van der Waals surface area contributed by atoms with Crippen molar-refractivity contribution in [3.8, 4) is 0 Å². The maximum Gasteiger partial charge on any atom is 0.169 e. The van der Waals surface area contributed by atoms with Crippen LogP contribution in [0.4, 0.5) is 10.1 Å². The van der Waals surface area contributed by atoms with E-state index in [2.05, 4.69) is 0 Å². The Kier molecular flexibility index (Phi) is 4.24. The third-order valence-corrected chi connectivity index (χ3v) is 5.79. The highest BCUT2D eigenvalue weighted by Crippen LogP contribution is 2.30. The molecular formula is C12H16FN3O2S2. The number of hydrogen-bond donors (Lipinski definition) is 2. The number of halogens is 1. The minimum Gasteiger partial charge on any atom is -0.384 e. The van der Waals surface area contributed by atoms with Gasteiger partial charge in [0.05, 0.1) is 11.3 Å². The van der Waals surface area contributed by atoms with Gasteiger partial charge < -0.3 is 10.6 Å². The minimum absolute atomic E-state index is 0.0342. The number of nitrogen functional groups attached to an aromatic ring is 1. The summed E-state index contributed by atoms with van der Waals surface area (Å²) in [7, 11) is -3.31. The third kappa shape index (κ3) is 2.90. The fourth-order valence-corrected chi connectivity index (χ4v) is 5.06. The Hall–Kier alpha value is -1.28. The summed E-state index contributed by atoms with van der Waals surface area (Å²) in [5, 5.41) is 6.79. The number of benzene rings is 1. The predicted molar refractivity (Wildman–Crippen MR) is 80.7 cm³/mol. The van der Waals surface area contributed by atoms with Crippen LogP contribution in [0.1, 0.15) is 5.56 Å². The van der Waals surface area contributed by atoms with Gasteiger partial charge in [-0.2, -0.15) is 11.8 Å². The number of nitrogens with one attached hydrogen (secondary N) is 1. The minimum atomic E-state index is -3.31. The van der Waals surface area contributed by atoms with E-state index in [4.69, 9.17) is 11.1 Å². The highest BCUT2D eigenvalue weighted by molar-refractivity contribution is 8.01. The zero-order chi connectivity index (χ0) is 14.9. The monoisotopic (exact) mass is 317 g/mol. The number of nitrogens with zero attached hydrogens (tertiary/aromatic N) is 1. The van der Waals surface area contributed by atoms with E-state index in [1.54, 1.807) is 22.7 Å². The van der Waals surface area contributed by atoms with Crippen molar-refractivity contribution in [2.24, 2.45) is 5.73 Å². The number of sulfone groups is 1. The van der Waals surface area contributed by atoms with Gasteiger partial charge in [0, 0.05) is 24.3 Å². The van der Waals surface area contributed by atoms with Crippen molar-refractivity contribution in [1.82, 2.24) is 0 Å². The molecule has 1 aliphatic heterocycles. The number of hydrogen-bond acceptors (Lipinski definition) is 5. The molecule has 1 unspecified atom stereocenters. The van der Waals surface area contributed by atoms with Crippen molar-refractivity contribution in [1.29, 1.82) is 5.41 Å². The lowest BCUT2D eigenvalue weighted by Gasteiger charge is -2.36. The summed E-state index contributed by atoms with van der Waals surface area (Å²) in [5.41, 5.74) is 5.77. The first-order valence-corrected chi connectivity index (χ1v) is 9.09. The number of nitrogens with two attached hydrogens (primary N) is 1. The molecule has 1 aromatic rings. The molecule has 1 heterocycles. The molecule has 1 saturated heterocycles. The topological polar surface area (TPSA) is 87.2 Å². The molecule has 3 N–H and O–H groups in total. The molecule has 1 atom stereocenters. The molecule has 1 aliphatic rings. The zero-order valence-corrected chi connectivity index (χ0v) is 12.6. The smallest absolute Gasteiger partial charge is 0.169 e. The van der Waals surface area contributed by atoms with Crippen LogP contribution in [0.5, 0.6) is 0 Å². The molecule has 0 radical (unpaired) electrons. The fraction of sp³-hybridized carbons (Fsp3) is 0.417. The van der Waals surface area contributed by atoms with Gasteiger partial charge in [-0.25, -0.2) is 12.8 Å². The van der Waals surface area contributed by atoms with E-state index in [0.29, 0.717) is 18.0 Å². The van der Waals surface area contributed by atoms with E-state index in [1.165, 1.54) is 18.4 Å². The first-order valence-electron chi connectivity index (χ1n) is 5.98. The van der Waals surface area contributed by atoms with Crippen molar-refractivity contribution in [2.45, 2.75) is 5.37 Å². The number of rotatable bonds is 3. The molecule has 8 heteroatoms. The van der Waals surface area contributed by atoms with Gasteiger partial charge in [0.1, 0.15) is 17.0 Å². The summed E-state index contributed by atoms with van der Waals surface area (Å²) < 4.78 is 37.7. The van der Waals surface area contributed by atoms with Crippen LogP contribution in [0.2, 0.25) is 0 Å². The van der Waals surface area contributed by atoms with E-state index in [1.807, 2.05) is 0 Å². The van der Waals surface area contributed by atoms with Gasteiger partial charge in [-0.3, -0.25) is 5.41 Å². The van der Waals surface area contributed by atoms with E-state index >= 15 is 0 Å². The number of amidine groups is 1. The maximum atomic E-state index is 13.9. The standard InChI is InChI=1S/C12H16FN3O2S2/c1-20(17,18)10-7-19-6-5-16(10)9-4-2-3-8(13)11(9)12(14)15/h2-4,10H,5-7H2,1H3,(H3,14,15). The Labute approximate surface area is 121 Å². The van der Waals surface area contributed by atoms with Crippen LogP contribution in [0.25, 0.3) is 0 Å². The lowest BCUT2D eigenvalue weighted by Crippen LogP contribution is -2.47. The first-order chi connectivity index (χ1) is 9.32. The van der Waals surface area contributed by atoms with Gasteiger partial charge in [0.2, 0.25) is 0 Å². The lowest BCUT2D eigenvalue weighted by atomic mass is 10.1. The molecule has 1 aromatic carbocycles. The molecule has 0 aliphatic carbocycles. The molecule has 5 nitrogen and oxygen atoms in total. The Bertz CT molecular complexity index is 634. The van der Waals surface area contributed by atoms with Gasteiger partial charge in [-0.15, -0.1) is 0 Å². The number of anilines is 1. The summed E-state index contributed by atoms with van der Waals surface area (Å²) >= 11 is 1.55. The second-order valence-electron chi connectivity index (χ2n) is 4.60. The highest BCUT2D eigenvalue weighted by atomic mass is 32.2. The van der Waals surface area contributed by atoms with E-state index in [0.717, 1.165) is 5.75 Å². The largest absolute Gasteiger partial charge is 0.384 e. The summed E-state index contributed by atoms with van der Waals surface area (Å²) in [6.07, 6.45) is 1.17. The van der Waals surface area contributed by atoms with Crippen molar-refractivity contribution in [3.63, 3.8) is 0 Å². The molecule has 1 fully saturated rings. The molecule has 0 spiro atoms. The molecule has 110 valence electrons. The zero-order valence-electron chi connectivity index (χ0n) is 11.0. The molecular weight excluding hydrogens is 301 g/mol. The average molecular weight is 317 g/mol. The summed E-state index contributed by atoms with van der Waals surface area (Å²) in [5.74, 6) is 0.163. The second kappa shape index (κ2) is 5.61. The quantitative estimate of drug-likeness (QED) is 0.642. The van der Waals surface area contributed by atoms with Gasteiger partial charge in [0.25, 0.3) is 0 Å². The molecule has 2 rings (SSSR count). The summed E-state index contributed by atoms with van der Waals surface area (Å²) in [6, 6.07) is 4.32. The molecule has 0 bridgehead atoms. The Morgan fingerprint density at radius 1 is 1.55 bits per heavy atom. The number of thioether (sulfide) groups is 1. The second-order valence-corrected chi connectivity index (χ2v) is 7.95. The first kappa shape index (κ1) is 15.1. The normalized spacial score (nSPS) is 19.9. The van der Waals surface area contributed by atoms with Crippen molar-refractivity contribution < 1.29 is 12.8 Å². The molecule has 0 amide bonds. The van der Waals surface area contributed by atoms with Crippen LogP contribution in [-0.4, -0.2) is 43.9 Å². The van der Waals surface area contributed by atoms with Crippen LogP contribution in [0.15, 0.2) is 18.2 Å². The Balaban J connectivity index is 2.54. The third-order valence-electron chi connectivity index (χ3n) is 3.15. The van der Waals surface area contributed by atoms with Gasteiger partial charge >= 0.3 is 0 Å². The van der Waals surface area contributed by atoms with Crippen LogP contribution in [0.3, 0.4) is 0 Å². The molecule has 0 saturated carbocycles. The maximum absolute atomic E-state index is 13.9. The van der Waals surface area contributed by atoms with Crippen LogP contribution >= 0.6 is 11.8 Å². The van der Waals surface area contributed by atoms with Gasteiger partial charge in [-0.05, 0) is 12.1 Å². The predicted octanol–water partition coefficient (Wildman–Crippen LogP) is 1.03. The molecule has 20 heavy (non-hydrogen) atoms. The van der Waals surface area contributed by atoms with E-state index in [9.17, 15) is 12.8 Å². The highest BCUT2D eigenvalue weighted by Gasteiger charge is 2.33. The van der Waals surface area contributed by atoms with Gasteiger partial charge in [0.15, 0.2) is 9.84 Å². The Morgan fingerprint density at radius 3 is 2.85 bits per heavy atom. The summed E-state index contributed by atoms with van der Waals surface area (Å²) in [6.45, 7) is 0.478. The van der Waals surface area contributed by atoms with Gasteiger partial charge in [-0.1, -0.05) is 6.07 Å². The average Bonchev–Trinajstić information content (AvgIpc) is 2.37.